The zero-order valence-electron chi connectivity index (χ0n) is 21.0. The van der Waals surface area contributed by atoms with E-state index in [0.29, 0.717) is 11.1 Å². The summed E-state index contributed by atoms with van der Waals surface area (Å²) in [5.41, 5.74) is 12.1. The third-order valence-corrected chi connectivity index (χ3v) is 8.57. The molecule has 2 aromatic heterocycles. The van der Waals surface area contributed by atoms with Gasteiger partial charge in [-0.25, -0.2) is 0 Å². The second-order valence-corrected chi connectivity index (χ2v) is 10.9. The first kappa shape index (κ1) is 21.0. The quantitative estimate of drug-likeness (QED) is 0.235. The van der Waals surface area contributed by atoms with Gasteiger partial charge >= 0.3 is 0 Å². The highest BCUT2D eigenvalue weighted by atomic mass is 14.9. The van der Waals surface area contributed by atoms with Crippen molar-refractivity contribution in [3.63, 3.8) is 0 Å². The van der Waals surface area contributed by atoms with Crippen molar-refractivity contribution in [2.45, 2.75) is 19.3 Å². The Kier molecular flexibility index (Phi) is 3.87. The summed E-state index contributed by atoms with van der Waals surface area (Å²) in [5.74, 6) is 0. The van der Waals surface area contributed by atoms with Crippen LogP contribution in [0.5, 0.6) is 0 Å². The largest absolute Gasteiger partial charge is 0.308 e. The van der Waals surface area contributed by atoms with E-state index in [1.54, 1.807) is 0 Å². The van der Waals surface area contributed by atoms with E-state index >= 15 is 0 Å². The number of hydrogen-bond acceptors (Lipinski definition) is 2. The van der Waals surface area contributed by atoms with Gasteiger partial charge in [-0.2, -0.15) is 10.5 Å². The Bertz CT molecular complexity index is 2130. The highest BCUT2D eigenvalue weighted by Gasteiger charge is 2.35. The standard InChI is InChI=1S/C35H21N3/c1-35(2)30-6-4-3-5-24(30)25-12-9-22(17-31(25)35)23-15-28-26-10-7-20(18-36)13-32(26)38-33-14-21(19-37)8-11-27(33)29(16-23)34(28)38/h3-17H,1-2H3. The van der Waals surface area contributed by atoms with Crippen molar-refractivity contribution in [3.8, 4) is 34.4 Å². The number of aromatic nitrogens is 1. The maximum Gasteiger partial charge on any atom is 0.0992 e. The third kappa shape index (κ3) is 2.51. The Hall–Kier alpha value is -5.12. The van der Waals surface area contributed by atoms with E-state index in [1.807, 2.05) is 24.3 Å². The maximum absolute atomic E-state index is 9.60. The molecule has 0 atom stereocenters. The zero-order chi connectivity index (χ0) is 25.8. The van der Waals surface area contributed by atoms with Crippen LogP contribution in [0.1, 0.15) is 36.1 Å². The Morgan fingerprint density at radius 2 is 1.18 bits per heavy atom. The van der Waals surface area contributed by atoms with Gasteiger partial charge in [-0.15, -0.1) is 0 Å². The van der Waals surface area contributed by atoms with E-state index < -0.39 is 0 Å². The van der Waals surface area contributed by atoms with E-state index in [0.717, 1.165) is 38.1 Å². The number of rotatable bonds is 1. The van der Waals surface area contributed by atoms with Crippen LogP contribution in [-0.2, 0) is 5.41 Å². The molecule has 7 aromatic rings. The summed E-state index contributed by atoms with van der Waals surface area (Å²) in [6.07, 6.45) is 0. The average molecular weight is 484 g/mol. The van der Waals surface area contributed by atoms with Gasteiger partial charge in [-0.3, -0.25) is 0 Å². The highest BCUT2D eigenvalue weighted by molar-refractivity contribution is 6.24. The van der Waals surface area contributed by atoms with Gasteiger partial charge in [0.1, 0.15) is 0 Å². The van der Waals surface area contributed by atoms with Gasteiger partial charge < -0.3 is 4.40 Å². The van der Waals surface area contributed by atoms with Crippen LogP contribution in [0.15, 0.2) is 91.0 Å². The van der Waals surface area contributed by atoms with Gasteiger partial charge in [0.2, 0.25) is 0 Å². The first-order chi connectivity index (χ1) is 18.5. The fourth-order valence-electron chi connectivity index (χ4n) is 6.74. The lowest BCUT2D eigenvalue weighted by Gasteiger charge is -2.22. The van der Waals surface area contributed by atoms with Crippen LogP contribution in [0, 0.1) is 22.7 Å². The topological polar surface area (TPSA) is 52.0 Å². The average Bonchev–Trinajstić information content (AvgIpc) is 3.54. The van der Waals surface area contributed by atoms with Crippen molar-refractivity contribution in [3.05, 3.63) is 113 Å². The maximum atomic E-state index is 9.60. The molecule has 1 aliphatic carbocycles. The molecule has 3 nitrogen and oxygen atoms in total. The molecule has 0 saturated heterocycles. The van der Waals surface area contributed by atoms with E-state index in [1.165, 1.54) is 33.4 Å². The van der Waals surface area contributed by atoms with Crippen molar-refractivity contribution in [2.75, 3.05) is 0 Å². The van der Waals surface area contributed by atoms with E-state index in [2.05, 4.69) is 97.1 Å². The third-order valence-electron chi connectivity index (χ3n) is 8.57. The van der Waals surface area contributed by atoms with Crippen LogP contribution in [0.25, 0.3) is 60.3 Å². The molecule has 1 aliphatic rings. The lowest BCUT2D eigenvalue weighted by Crippen LogP contribution is -2.14. The van der Waals surface area contributed by atoms with Crippen molar-refractivity contribution >= 4 is 38.1 Å². The minimum absolute atomic E-state index is 0.0627. The fourth-order valence-corrected chi connectivity index (χ4v) is 6.74. The fraction of sp³-hybridized carbons (Fsp3) is 0.0857. The molecule has 0 N–H and O–H groups in total. The van der Waals surface area contributed by atoms with E-state index in [9.17, 15) is 10.5 Å². The molecule has 0 amide bonds. The molecule has 0 fully saturated rings. The Balaban J connectivity index is 1.46. The minimum atomic E-state index is -0.0627. The SMILES string of the molecule is CC1(C)c2ccccc2-c2ccc(-c3cc4c5ccc(C#N)cc5n5c6cc(C#N)ccc6c(c3)c45)cc21. The van der Waals surface area contributed by atoms with E-state index in [4.69, 9.17) is 0 Å². The Labute approximate surface area is 219 Å². The van der Waals surface area contributed by atoms with Crippen molar-refractivity contribution < 1.29 is 0 Å². The Morgan fingerprint density at radius 1 is 0.579 bits per heavy atom. The molecular formula is C35H21N3. The summed E-state index contributed by atoms with van der Waals surface area (Å²) in [6.45, 7) is 4.63. The minimum Gasteiger partial charge on any atom is -0.308 e. The summed E-state index contributed by atoms with van der Waals surface area (Å²) in [7, 11) is 0. The molecule has 0 bridgehead atoms. The first-order valence-corrected chi connectivity index (χ1v) is 12.8. The monoisotopic (exact) mass is 483 g/mol. The van der Waals surface area contributed by atoms with Crippen LogP contribution in [0.2, 0.25) is 0 Å². The lowest BCUT2D eigenvalue weighted by molar-refractivity contribution is 0.660. The van der Waals surface area contributed by atoms with Gasteiger partial charge in [0.05, 0.1) is 39.8 Å². The smallest absolute Gasteiger partial charge is 0.0992 e. The van der Waals surface area contributed by atoms with Crippen molar-refractivity contribution in [1.29, 1.82) is 10.5 Å². The molecule has 0 aliphatic heterocycles. The molecule has 3 heteroatoms. The number of nitrogens with zero attached hydrogens (tertiary/aromatic N) is 3. The van der Waals surface area contributed by atoms with Crippen LogP contribution in [-0.4, -0.2) is 4.40 Å². The van der Waals surface area contributed by atoms with Crippen LogP contribution in [0.3, 0.4) is 0 Å². The second-order valence-electron chi connectivity index (χ2n) is 10.9. The number of nitriles is 2. The van der Waals surface area contributed by atoms with Gasteiger partial charge in [0.15, 0.2) is 0 Å². The molecule has 8 rings (SSSR count). The number of benzene rings is 5. The van der Waals surface area contributed by atoms with Gasteiger partial charge in [0, 0.05) is 27.0 Å². The lowest BCUT2D eigenvalue weighted by atomic mass is 9.81. The van der Waals surface area contributed by atoms with Gasteiger partial charge in [0.25, 0.3) is 0 Å². The van der Waals surface area contributed by atoms with Crippen LogP contribution < -0.4 is 0 Å². The normalized spacial score (nSPS) is 13.7. The molecule has 38 heavy (non-hydrogen) atoms. The summed E-state index contributed by atoms with van der Waals surface area (Å²) in [4.78, 5) is 0. The number of fused-ring (bicyclic) bond motifs is 9. The summed E-state index contributed by atoms with van der Waals surface area (Å²) in [6, 6.07) is 36.6. The van der Waals surface area contributed by atoms with E-state index in [-0.39, 0.29) is 5.41 Å². The summed E-state index contributed by atoms with van der Waals surface area (Å²) >= 11 is 0. The predicted octanol–water partition coefficient (Wildman–Crippen LogP) is 8.55. The van der Waals surface area contributed by atoms with Crippen molar-refractivity contribution in [2.24, 2.45) is 0 Å². The number of hydrogen-bond donors (Lipinski definition) is 0. The summed E-state index contributed by atoms with van der Waals surface area (Å²) < 4.78 is 2.23. The second kappa shape index (κ2) is 7.00. The molecule has 5 aromatic carbocycles. The highest BCUT2D eigenvalue weighted by Crippen LogP contribution is 2.50. The molecule has 0 spiro atoms. The molecule has 2 heterocycles. The Morgan fingerprint density at radius 3 is 1.82 bits per heavy atom. The molecule has 0 radical (unpaired) electrons. The summed E-state index contributed by atoms with van der Waals surface area (Å²) in [5, 5.41) is 23.8. The molecule has 0 saturated carbocycles. The molecular weight excluding hydrogens is 462 g/mol. The molecule has 0 unspecified atom stereocenters. The van der Waals surface area contributed by atoms with Gasteiger partial charge in [-0.1, -0.05) is 62.4 Å². The van der Waals surface area contributed by atoms with Crippen LogP contribution >= 0.6 is 0 Å². The first-order valence-electron chi connectivity index (χ1n) is 12.8. The van der Waals surface area contributed by atoms with Crippen molar-refractivity contribution in [1.82, 2.24) is 4.40 Å². The molecule has 176 valence electrons. The van der Waals surface area contributed by atoms with Crippen LogP contribution in [0.4, 0.5) is 0 Å². The predicted molar refractivity (Wildman–Crippen MR) is 154 cm³/mol. The zero-order valence-corrected chi connectivity index (χ0v) is 21.0. The van der Waals surface area contributed by atoms with Gasteiger partial charge in [-0.05, 0) is 75.8 Å².